The highest BCUT2D eigenvalue weighted by Crippen LogP contribution is 2.51. The van der Waals surface area contributed by atoms with Crippen LogP contribution in [0.5, 0.6) is 23.0 Å². The monoisotopic (exact) mass is 540 g/mol. The predicted octanol–water partition coefficient (Wildman–Crippen LogP) is 0.966. The van der Waals surface area contributed by atoms with Gasteiger partial charge in [0.2, 0.25) is 6.29 Å². The molecule has 0 amide bonds. The van der Waals surface area contributed by atoms with E-state index < -0.39 is 79.2 Å². The van der Waals surface area contributed by atoms with Gasteiger partial charge in [-0.25, -0.2) is 0 Å². The molecule has 0 saturated carbocycles. The van der Waals surface area contributed by atoms with Crippen molar-refractivity contribution in [3.63, 3.8) is 0 Å². The van der Waals surface area contributed by atoms with Crippen molar-refractivity contribution in [3.05, 3.63) is 47.4 Å². The molecule has 38 heavy (non-hydrogen) atoms. The van der Waals surface area contributed by atoms with Gasteiger partial charge in [0, 0.05) is 11.8 Å². The van der Waals surface area contributed by atoms with Crippen LogP contribution in [-0.4, -0.2) is 92.3 Å². The van der Waals surface area contributed by atoms with E-state index in [1.807, 2.05) is 0 Å². The van der Waals surface area contributed by atoms with Gasteiger partial charge in [-0.2, -0.15) is 0 Å². The maximum Gasteiger partial charge on any atom is 0.229 e. The average Bonchev–Trinajstić information content (AvgIpc) is 3.61. The standard InChI is InChI=1S/C27H34O11/c1-32-17-6-4-13(8-19(17)33-2)25-15-11-36-26(16(15)12-35-25)14-5-7-18(20(9-14)34-3)37-27-24(31)23(30)22(29)21(10-28)38-27/h4-9,15-16,21-31H,10-12H2,1-3H3/t15?,16?,21-,22-,23+,24-,25?,26?,27+/m1/s1/i4D,5D,6D,7D,8D,9D. The maximum absolute atomic E-state index is 10.4. The Hall–Kier alpha value is -2.64. The van der Waals surface area contributed by atoms with E-state index in [1.165, 1.54) is 21.3 Å². The van der Waals surface area contributed by atoms with Crippen LogP contribution in [-0.2, 0) is 14.2 Å². The molecule has 4 N–H and O–H groups in total. The lowest BCUT2D eigenvalue weighted by Crippen LogP contribution is -2.60. The summed E-state index contributed by atoms with van der Waals surface area (Å²) >= 11 is 0. The maximum atomic E-state index is 10.4. The molecule has 9 atom stereocenters. The number of rotatable bonds is 8. The summed E-state index contributed by atoms with van der Waals surface area (Å²) in [7, 11) is 3.87. The van der Waals surface area contributed by atoms with Gasteiger partial charge in [-0.3, -0.25) is 0 Å². The molecule has 0 spiro atoms. The highest BCUT2D eigenvalue weighted by molar-refractivity contribution is 5.45. The molecule has 208 valence electrons. The third-order valence-electron chi connectivity index (χ3n) is 7.06. The fourth-order valence-electron chi connectivity index (χ4n) is 5.00. The van der Waals surface area contributed by atoms with E-state index in [2.05, 4.69) is 0 Å². The van der Waals surface area contributed by atoms with E-state index in [4.69, 9.17) is 41.4 Å². The molecule has 5 rings (SSSR count). The van der Waals surface area contributed by atoms with Crippen molar-refractivity contribution in [3.8, 4) is 23.0 Å². The van der Waals surface area contributed by atoms with E-state index in [9.17, 15) is 20.4 Å². The average molecular weight is 541 g/mol. The Morgan fingerprint density at radius 1 is 0.763 bits per heavy atom. The Balaban J connectivity index is 1.48. The van der Waals surface area contributed by atoms with Gasteiger partial charge in [0.25, 0.3) is 0 Å². The van der Waals surface area contributed by atoms with Crippen LogP contribution in [0.3, 0.4) is 0 Å². The number of methoxy groups -OCH3 is 3. The number of ether oxygens (including phenoxy) is 7. The Morgan fingerprint density at radius 3 is 1.82 bits per heavy atom. The van der Waals surface area contributed by atoms with Gasteiger partial charge in [-0.15, -0.1) is 0 Å². The zero-order valence-electron chi connectivity index (χ0n) is 27.0. The molecule has 0 aromatic heterocycles. The lowest BCUT2D eigenvalue weighted by Gasteiger charge is -2.39. The molecular weight excluding hydrogens is 500 g/mol. The van der Waals surface area contributed by atoms with Crippen molar-refractivity contribution in [2.45, 2.75) is 42.9 Å². The van der Waals surface area contributed by atoms with Gasteiger partial charge >= 0.3 is 0 Å². The molecule has 3 aliphatic rings. The minimum Gasteiger partial charge on any atom is -0.493 e. The van der Waals surface area contributed by atoms with Crippen LogP contribution >= 0.6 is 0 Å². The molecule has 0 bridgehead atoms. The smallest absolute Gasteiger partial charge is 0.229 e. The first-order valence-corrected chi connectivity index (χ1v) is 12.0. The van der Waals surface area contributed by atoms with Gasteiger partial charge in [-0.05, 0) is 35.3 Å². The lowest BCUT2D eigenvalue weighted by molar-refractivity contribution is -0.277. The van der Waals surface area contributed by atoms with Crippen molar-refractivity contribution in [1.29, 1.82) is 0 Å². The zero-order valence-corrected chi connectivity index (χ0v) is 21.0. The van der Waals surface area contributed by atoms with Gasteiger partial charge in [-0.1, -0.05) is 12.1 Å². The quantitative estimate of drug-likeness (QED) is 0.380. The molecular formula is C27H34O11. The topological polar surface area (TPSA) is 146 Å². The van der Waals surface area contributed by atoms with Gasteiger partial charge in [0.1, 0.15) is 24.4 Å². The van der Waals surface area contributed by atoms with Crippen molar-refractivity contribution in [2.24, 2.45) is 11.8 Å². The van der Waals surface area contributed by atoms with Crippen molar-refractivity contribution in [1.82, 2.24) is 0 Å². The van der Waals surface area contributed by atoms with Crippen molar-refractivity contribution >= 4 is 0 Å². The van der Waals surface area contributed by atoms with Crippen molar-refractivity contribution < 1.29 is 61.8 Å². The number of fused-ring (bicyclic) bond motifs is 1. The van der Waals surface area contributed by atoms with E-state index in [-0.39, 0.29) is 65.8 Å². The third kappa shape index (κ3) is 4.79. The lowest BCUT2D eigenvalue weighted by atomic mass is 9.85. The van der Waals surface area contributed by atoms with Crippen LogP contribution in [0.15, 0.2) is 36.3 Å². The predicted molar refractivity (Wildman–Crippen MR) is 131 cm³/mol. The first-order valence-electron chi connectivity index (χ1n) is 15.0. The molecule has 0 radical (unpaired) electrons. The van der Waals surface area contributed by atoms with Crippen LogP contribution in [0.2, 0.25) is 0 Å². The van der Waals surface area contributed by atoms with Gasteiger partial charge in [0.15, 0.2) is 23.0 Å². The van der Waals surface area contributed by atoms with Gasteiger partial charge in [0.05, 0.1) is 61.6 Å². The van der Waals surface area contributed by atoms with E-state index in [0.717, 1.165) is 0 Å². The molecule has 0 aliphatic carbocycles. The molecule has 11 heteroatoms. The number of hydrogen-bond acceptors (Lipinski definition) is 11. The molecule has 3 saturated heterocycles. The second-order valence-electron chi connectivity index (χ2n) is 9.16. The summed E-state index contributed by atoms with van der Waals surface area (Å²) in [5.74, 6) is -1.66. The first-order chi connectivity index (χ1) is 20.9. The highest BCUT2D eigenvalue weighted by Gasteiger charge is 2.49. The summed E-state index contributed by atoms with van der Waals surface area (Å²) in [6.07, 6.45) is -9.88. The van der Waals surface area contributed by atoms with E-state index in [1.54, 1.807) is 0 Å². The molecule has 11 nitrogen and oxygen atoms in total. The SMILES string of the molecule is [2H]c1c([2H])c(C2OCC3C(c4c([2H])c([2H])c(O[C@H]5O[C@H](CO)[C@@H](O)[C@H](O)[C@H]5O)c(OC)c4[2H])OCC23)c([2H])c(OC)c1OC. The normalized spacial score (nSPS) is 36.8. The van der Waals surface area contributed by atoms with Crippen LogP contribution in [0, 0.1) is 11.8 Å². The molecule has 3 fully saturated rings. The summed E-state index contributed by atoms with van der Waals surface area (Å²) in [4.78, 5) is 0. The first kappa shape index (κ1) is 20.3. The van der Waals surface area contributed by atoms with Gasteiger partial charge < -0.3 is 53.6 Å². The molecule has 3 aliphatic heterocycles. The zero-order chi connectivity index (χ0) is 32.2. The minimum absolute atomic E-state index is 0.00789. The Morgan fingerprint density at radius 2 is 1.29 bits per heavy atom. The van der Waals surface area contributed by atoms with Crippen LogP contribution in [0.1, 0.15) is 31.6 Å². The molecule has 3 heterocycles. The summed E-state index contributed by atoms with van der Waals surface area (Å²) in [5.41, 5.74) is 0.138. The third-order valence-corrected chi connectivity index (χ3v) is 7.06. The second-order valence-corrected chi connectivity index (χ2v) is 9.16. The number of aliphatic hydroxyl groups is 4. The fraction of sp³-hybridized carbons (Fsp3) is 0.556. The molecule has 2 aromatic carbocycles. The Labute approximate surface area is 228 Å². The van der Waals surface area contributed by atoms with Crippen LogP contribution in [0.25, 0.3) is 0 Å². The summed E-state index contributed by atoms with van der Waals surface area (Å²) in [6.45, 7) is -0.571. The minimum atomic E-state index is -1.80. The molecule has 4 unspecified atom stereocenters. The Bertz CT molecular complexity index is 1410. The van der Waals surface area contributed by atoms with Crippen LogP contribution < -0.4 is 18.9 Å². The fourth-order valence-corrected chi connectivity index (χ4v) is 5.00. The number of aliphatic hydroxyl groups excluding tert-OH is 4. The number of hydrogen-bond donors (Lipinski definition) is 4. The second kappa shape index (κ2) is 11.2. The van der Waals surface area contributed by atoms with E-state index >= 15 is 0 Å². The summed E-state index contributed by atoms with van der Waals surface area (Å²) in [6, 6.07) is -2.00. The highest BCUT2D eigenvalue weighted by atomic mass is 16.7. The largest absolute Gasteiger partial charge is 0.493 e. The summed E-state index contributed by atoms with van der Waals surface area (Å²) in [5, 5.41) is 40.1. The van der Waals surface area contributed by atoms with Crippen molar-refractivity contribution in [2.75, 3.05) is 41.2 Å². The summed E-state index contributed by atoms with van der Waals surface area (Å²) < 4.78 is 91.0. The van der Waals surface area contributed by atoms with Crippen LogP contribution in [0.4, 0.5) is 0 Å². The van der Waals surface area contributed by atoms with E-state index in [0.29, 0.717) is 0 Å². The Kier molecular flexibility index (Phi) is 5.99. The number of benzene rings is 2. The molecule has 2 aromatic rings.